The van der Waals surface area contributed by atoms with Crippen LogP contribution in [0, 0.1) is 6.92 Å². The highest BCUT2D eigenvalue weighted by Crippen LogP contribution is 2.38. The van der Waals surface area contributed by atoms with Gasteiger partial charge in [-0.05, 0) is 24.1 Å². The molecule has 1 aliphatic rings. The summed E-state index contributed by atoms with van der Waals surface area (Å²) >= 11 is 0. The number of H-pyrrole nitrogens is 1. The van der Waals surface area contributed by atoms with Crippen molar-refractivity contribution in [2.24, 2.45) is 0 Å². The molecule has 0 amide bonds. The van der Waals surface area contributed by atoms with Crippen LogP contribution in [0.1, 0.15) is 22.4 Å². The molecule has 3 rings (SSSR count). The van der Waals surface area contributed by atoms with Crippen molar-refractivity contribution >= 4 is 10.9 Å². The molecule has 2 N–H and O–H groups in total. The summed E-state index contributed by atoms with van der Waals surface area (Å²) in [5.74, 6) is 0. The normalized spacial score (nSPS) is 16.0. The van der Waals surface area contributed by atoms with Gasteiger partial charge in [-0.15, -0.1) is 0 Å². The van der Waals surface area contributed by atoms with Crippen molar-refractivity contribution in [3.8, 4) is 0 Å². The SMILES string of the molecule is Cc1ccc(C(F)(F)F)c2[nH]c3c(c12)CNCC3. The number of hydrogen-bond acceptors (Lipinski definition) is 1. The summed E-state index contributed by atoms with van der Waals surface area (Å²) in [6.07, 6.45) is -3.56. The van der Waals surface area contributed by atoms with E-state index in [0.29, 0.717) is 6.54 Å². The fourth-order valence-electron chi connectivity index (χ4n) is 2.67. The molecule has 0 spiro atoms. The van der Waals surface area contributed by atoms with E-state index in [9.17, 15) is 13.2 Å². The van der Waals surface area contributed by atoms with Crippen molar-refractivity contribution in [2.45, 2.75) is 26.1 Å². The highest BCUT2D eigenvalue weighted by Gasteiger charge is 2.34. The number of alkyl halides is 3. The topological polar surface area (TPSA) is 27.8 Å². The first-order valence-electron chi connectivity index (χ1n) is 5.89. The van der Waals surface area contributed by atoms with Crippen LogP contribution in [0.4, 0.5) is 13.2 Å². The minimum atomic E-state index is -4.31. The molecule has 0 aliphatic carbocycles. The van der Waals surface area contributed by atoms with E-state index in [4.69, 9.17) is 0 Å². The zero-order chi connectivity index (χ0) is 12.9. The van der Waals surface area contributed by atoms with Crippen molar-refractivity contribution in [1.82, 2.24) is 10.3 Å². The maximum absolute atomic E-state index is 13.0. The Morgan fingerprint density at radius 2 is 2.00 bits per heavy atom. The van der Waals surface area contributed by atoms with Gasteiger partial charge in [-0.2, -0.15) is 13.2 Å². The summed E-state index contributed by atoms with van der Waals surface area (Å²) in [4.78, 5) is 2.97. The van der Waals surface area contributed by atoms with Crippen molar-refractivity contribution in [2.75, 3.05) is 6.54 Å². The molecule has 2 heterocycles. The van der Waals surface area contributed by atoms with E-state index in [1.54, 1.807) is 6.07 Å². The van der Waals surface area contributed by atoms with Crippen LogP contribution in [-0.2, 0) is 19.1 Å². The lowest BCUT2D eigenvalue weighted by atomic mass is 10.00. The van der Waals surface area contributed by atoms with Gasteiger partial charge in [0.25, 0.3) is 0 Å². The van der Waals surface area contributed by atoms with Crippen LogP contribution >= 0.6 is 0 Å². The van der Waals surface area contributed by atoms with Crippen LogP contribution in [0.2, 0.25) is 0 Å². The number of hydrogen-bond donors (Lipinski definition) is 2. The molecular formula is C13H13F3N2. The molecule has 96 valence electrons. The van der Waals surface area contributed by atoms with Crippen molar-refractivity contribution in [1.29, 1.82) is 0 Å². The van der Waals surface area contributed by atoms with Crippen molar-refractivity contribution in [3.05, 3.63) is 34.5 Å². The summed E-state index contributed by atoms with van der Waals surface area (Å²) in [6.45, 7) is 3.29. The van der Waals surface area contributed by atoms with Crippen LogP contribution in [0.15, 0.2) is 12.1 Å². The standard InChI is InChI=1S/C13H13F3N2/c1-7-2-3-9(13(14,15)16)12-11(7)8-6-17-5-4-10(8)18-12/h2-3,17-18H,4-6H2,1H3. The molecule has 0 unspecified atom stereocenters. The summed E-state index contributed by atoms with van der Waals surface area (Å²) < 4.78 is 38.9. The van der Waals surface area contributed by atoms with Crippen LogP contribution in [0.3, 0.4) is 0 Å². The predicted molar refractivity (Wildman–Crippen MR) is 63.4 cm³/mol. The quantitative estimate of drug-likeness (QED) is 0.742. The third kappa shape index (κ3) is 1.61. The average molecular weight is 254 g/mol. The molecule has 5 heteroatoms. The van der Waals surface area contributed by atoms with Gasteiger partial charge in [-0.3, -0.25) is 0 Å². The summed E-state index contributed by atoms with van der Waals surface area (Å²) in [6, 6.07) is 2.71. The monoisotopic (exact) mass is 254 g/mol. The van der Waals surface area contributed by atoms with E-state index in [1.807, 2.05) is 6.92 Å². The number of benzene rings is 1. The van der Waals surface area contributed by atoms with Crippen molar-refractivity contribution in [3.63, 3.8) is 0 Å². The summed E-state index contributed by atoms with van der Waals surface area (Å²) in [5.41, 5.74) is 2.47. The van der Waals surface area contributed by atoms with Crippen molar-refractivity contribution < 1.29 is 13.2 Å². The van der Waals surface area contributed by atoms with E-state index in [-0.39, 0.29) is 5.52 Å². The number of fused-ring (bicyclic) bond motifs is 3. The minimum Gasteiger partial charge on any atom is -0.358 e. The van der Waals surface area contributed by atoms with Gasteiger partial charge in [0.1, 0.15) is 0 Å². The fourth-order valence-corrected chi connectivity index (χ4v) is 2.67. The molecular weight excluding hydrogens is 241 g/mol. The Balaban J connectivity index is 2.36. The summed E-state index contributed by atoms with van der Waals surface area (Å²) in [7, 11) is 0. The first kappa shape index (κ1) is 11.6. The van der Waals surface area contributed by atoms with Crippen LogP contribution < -0.4 is 5.32 Å². The number of aryl methyl sites for hydroxylation is 1. The largest absolute Gasteiger partial charge is 0.418 e. The number of aromatic amines is 1. The lowest BCUT2D eigenvalue weighted by Crippen LogP contribution is -2.23. The van der Waals surface area contributed by atoms with E-state index >= 15 is 0 Å². The Bertz CT molecular complexity index is 611. The first-order valence-corrected chi connectivity index (χ1v) is 5.89. The molecule has 0 saturated carbocycles. The zero-order valence-electron chi connectivity index (χ0n) is 9.91. The van der Waals surface area contributed by atoms with Gasteiger partial charge in [0.05, 0.1) is 11.1 Å². The molecule has 0 fully saturated rings. The van der Waals surface area contributed by atoms with E-state index in [1.165, 1.54) is 0 Å². The Kier molecular flexibility index (Phi) is 2.41. The highest BCUT2D eigenvalue weighted by atomic mass is 19.4. The highest BCUT2D eigenvalue weighted by molar-refractivity contribution is 5.90. The van der Waals surface area contributed by atoms with Gasteiger partial charge in [0, 0.05) is 30.6 Å². The molecule has 0 saturated heterocycles. The molecule has 2 aromatic rings. The zero-order valence-corrected chi connectivity index (χ0v) is 9.91. The van der Waals surface area contributed by atoms with Gasteiger partial charge in [0.2, 0.25) is 0 Å². The molecule has 0 atom stereocenters. The lowest BCUT2D eigenvalue weighted by molar-refractivity contribution is -0.136. The fraction of sp³-hybridized carbons (Fsp3) is 0.385. The second-order valence-electron chi connectivity index (χ2n) is 4.69. The molecule has 1 aliphatic heterocycles. The minimum absolute atomic E-state index is 0.233. The van der Waals surface area contributed by atoms with Gasteiger partial charge in [-0.1, -0.05) is 6.07 Å². The lowest BCUT2D eigenvalue weighted by Gasteiger charge is -2.13. The van der Waals surface area contributed by atoms with E-state index in [2.05, 4.69) is 10.3 Å². The molecule has 1 aromatic carbocycles. The van der Waals surface area contributed by atoms with E-state index < -0.39 is 11.7 Å². The number of nitrogens with one attached hydrogen (secondary N) is 2. The molecule has 0 radical (unpaired) electrons. The van der Waals surface area contributed by atoms with Gasteiger partial charge in [0.15, 0.2) is 0 Å². The molecule has 18 heavy (non-hydrogen) atoms. The summed E-state index contributed by atoms with van der Waals surface area (Å²) in [5, 5.41) is 3.93. The van der Waals surface area contributed by atoms with Crippen LogP contribution in [0.5, 0.6) is 0 Å². The Morgan fingerprint density at radius 1 is 1.22 bits per heavy atom. The van der Waals surface area contributed by atoms with Crippen LogP contribution in [0.25, 0.3) is 10.9 Å². The second-order valence-corrected chi connectivity index (χ2v) is 4.69. The average Bonchev–Trinajstić information content (AvgIpc) is 2.67. The molecule has 1 aromatic heterocycles. The first-order chi connectivity index (χ1) is 8.48. The van der Waals surface area contributed by atoms with Gasteiger partial charge >= 0.3 is 6.18 Å². The van der Waals surface area contributed by atoms with Gasteiger partial charge in [-0.25, -0.2) is 0 Å². The Morgan fingerprint density at radius 3 is 2.72 bits per heavy atom. The number of rotatable bonds is 0. The number of aromatic nitrogens is 1. The number of halogens is 3. The van der Waals surface area contributed by atoms with Crippen LogP contribution in [-0.4, -0.2) is 11.5 Å². The second kappa shape index (κ2) is 3.75. The third-order valence-corrected chi connectivity index (χ3v) is 3.51. The predicted octanol–water partition coefficient (Wildman–Crippen LogP) is 3.14. The smallest absolute Gasteiger partial charge is 0.358 e. The third-order valence-electron chi connectivity index (χ3n) is 3.51. The maximum Gasteiger partial charge on any atom is 0.418 e. The van der Waals surface area contributed by atoms with E-state index in [0.717, 1.165) is 41.2 Å². The maximum atomic E-state index is 13.0. The molecule has 0 bridgehead atoms. The Labute approximate surface area is 102 Å². The molecule has 2 nitrogen and oxygen atoms in total. The van der Waals surface area contributed by atoms with Gasteiger partial charge < -0.3 is 10.3 Å². The Hall–Kier alpha value is -1.49.